The molecule has 170 valence electrons. The maximum absolute atomic E-state index is 11.7. The van der Waals surface area contributed by atoms with Gasteiger partial charge in [-0.2, -0.15) is 0 Å². The molecule has 1 rings (SSSR count). The monoisotopic (exact) mass is 428 g/mol. The van der Waals surface area contributed by atoms with Gasteiger partial charge in [-0.05, 0) is 44.3 Å². The van der Waals surface area contributed by atoms with Gasteiger partial charge < -0.3 is 19.0 Å². The molecule has 0 radical (unpaired) electrons. The normalized spacial score (nSPS) is 28.4. The highest BCUT2D eigenvalue weighted by atomic mass is 28.4. The third kappa shape index (κ3) is 6.91. The van der Waals surface area contributed by atoms with Gasteiger partial charge in [0.25, 0.3) is 0 Å². The average molecular weight is 429 g/mol. The molecule has 1 aliphatic heterocycles. The smallest absolute Gasteiger partial charge is 0.305 e. The van der Waals surface area contributed by atoms with E-state index in [9.17, 15) is 9.90 Å². The first kappa shape index (κ1) is 26.3. The fourth-order valence-electron chi connectivity index (χ4n) is 3.98. The van der Waals surface area contributed by atoms with Crippen LogP contribution in [0.4, 0.5) is 0 Å². The largest absolute Gasteiger partial charge is 0.481 e. The molecule has 1 heterocycles. The maximum atomic E-state index is 11.7. The number of hydrogen-bond acceptors (Lipinski definition) is 4. The molecule has 1 saturated heterocycles. The lowest BCUT2D eigenvalue weighted by molar-refractivity contribution is -0.337. The lowest BCUT2D eigenvalue weighted by Gasteiger charge is -2.50. The molecular formula is C23H44O5Si. The molecular weight excluding hydrogens is 384 g/mol. The minimum Gasteiger partial charge on any atom is -0.481 e. The van der Waals surface area contributed by atoms with Crippen molar-refractivity contribution < 1.29 is 23.8 Å². The lowest BCUT2D eigenvalue weighted by atomic mass is 9.79. The molecule has 0 aromatic rings. The second-order valence-electron chi connectivity index (χ2n) is 10.8. The number of carboxylic acid groups (broad SMARTS) is 1. The van der Waals surface area contributed by atoms with Crippen molar-refractivity contribution in [3.8, 4) is 0 Å². The Kier molecular flexibility index (Phi) is 8.74. The topological polar surface area (TPSA) is 65.0 Å². The van der Waals surface area contributed by atoms with Crippen molar-refractivity contribution in [1.82, 2.24) is 0 Å². The molecule has 0 bridgehead atoms. The van der Waals surface area contributed by atoms with E-state index in [1.165, 1.54) is 0 Å². The summed E-state index contributed by atoms with van der Waals surface area (Å²) in [6, 6.07) is 0. The highest BCUT2D eigenvalue weighted by molar-refractivity contribution is 6.74. The molecule has 1 aliphatic rings. The molecule has 6 heteroatoms. The van der Waals surface area contributed by atoms with Crippen LogP contribution in [0.2, 0.25) is 18.1 Å². The van der Waals surface area contributed by atoms with E-state index in [0.717, 1.165) is 6.42 Å². The summed E-state index contributed by atoms with van der Waals surface area (Å²) in [6.45, 7) is 25.0. The van der Waals surface area contributed by atoms with Crippen molar-refractivity contribution in [3.05, 3.63) is 12.7 Å². The molecule has 0 spiro atoms. The molecule has 6 atom stereocenters. The van der Waals surface area contributed by atoms with E-state index < -0.39 is 26.2 Å². The number of carboxylic acids is 1. The Bertz CT molecular complexity index is 566. The number of aliphatic carboxylic acids is 1. The minimum atomic E-state index is -2.13. The number of hydrogen-bond donors (Lipinski definition) is 1. The second-order valence-corrected chi connectivity index (χ2v) is 15.6. The molecule has 1 N–H and O–H groups in total. The van der Waals surface area contributed by atoms with Crippen LogP contribution < -0.4 is 0 Å². The molecule has 0 aliphatic carbocycles. The average Bonchev–Trinajstić information content (AvgIpc) is 2.53. The van der Waals surface area contributed by atoms with Crippen LogP contribution in [-0.4, -0.2) is 43.5 Å². The number of allylic oxidation sites excluding steroid dienone is 1. The van der Waals surface area contributed by atoms with Gasteiger partial charge in [0, 0.05) is 11.8 Å². The summed E-state index contributed by atoms with van der Waals surface area (Å²) < 4.78 is 19.3. The fraction of sp³-hybridized carbons (Fsp3) is 0.870. The molecule has 0 saturated carbocycles. The summed E-state index contributed by atoms with van der Waals surface area (Å²) in [6.07, 6.45) is 2.24. The van der Waals surface area contributed by atoms with Crippen molar-refractivity contribution in [2.45, 2.75) is 110 Å². The first-order chi connectivity index (χ1) is 13.0. The Hall–Kier alpha value is -0.693. The Morgan fingerprint density at radius 1 is 1.24 bits per heavy atom. The highest BCUT2D eigenvalue weighted by Gasteiger charge is 2.48. The van der Waals surface area contributed by atoms with E-state index >= 15 is 0 Å². The molecule has 0 amide bonds. The van der Waals surface area contributed by atoms with E-state index in [-0.39, 0.29) is 35.5 Å². The summed E-state index contributed by atoms with van der Waals surface area (Å²) in [5.74, 6) is -1.21. The highest BCUT2D eigenvalue weighted by Crippen LogP contribution is 2.42. The summed E-state index contributed by atoms with van der Waals surface area (Å²) in [5, 5.41) is 9.57. The molecule has 5 nitrogen and oxygen atoms in total. The molecule has 29 heavy (non-hydrogen) atoms. The molecule has 0 unspecified atom stereocenters. The van der Waals surface area contributed by atoms with Crippen LogP contribution in [0.25, 0.3) is 0 Å². The van der Waals surface area contributed by atoms with Gasteiger partial charge in [0.1, 0.15) is 0 Å². The van der Waals surface area contributed by atoms with Crippen LogP contribution in [0.3, 0.4) is 0 Å². The summed E-state index contributed by atoms with van der Waals surface area (Å²) in [4.78, 5) is 11.7. The predicted molar refractivity (Wildman–Crippen MR) is 120 cm³/mol. The van der Waals surface area contributed by atoms with E-state index in [1.807, 2.05) is 19.9 Å². The molecule has 1 fully saturated rings. The third-order valence-electron chi connectivity index (χ3n) is 6.71. The lowest BCUT2D eigenvalue weighted by Crippen LogP contribution is -2.57. The van der Waals surface area contributed by atoms with Gasteiger partial charge >= 0.3 is 5.97 Å². The van der Waals surface area contributed by atoms with Crippen molar-refractivity contribution in [2.75, 3.05) is 0 Å². The summed E-state index contributed by atoms with van der Waals surface area (Å²) in [5.41, 5.74) is 0. The standard InChI is InChI=1S/C23H44O5Si/c1-12-13-15(2)20-17(4)21(27-23(8,9)26-20)16(3)18(14-19(24)25)28-29(10,11)22(5,6)7/h12,15-18,20-21H,1,13-14H2,2-11H3,(H,24,25)/t15-,16+,17-,18+,20+,21-/m0/s1. The maximum Gasteiger partial charge on any atom is 0.305 e. The fourth-order valence-corrected chi connectivity index (χ4v) is 5.38. The van der Waals surface area contributed by atoms with Gasteiger partial charge in [-0.25, -0.2) is 0 Å². The number of rotatable bonds is 9. The third-order valence-corrected chi connectivity index (χ3v) is 11.2. The van der Waals surface area contributed by atoms with Crippen molar-refractivity contribution in [1.29, 1.82) is 0 Å². The van der Waals surface area contributed by atoms with Crippen LogP contribution in [0.15, 0.2) is 12.7 Å². The zero-order chi connectivity index (χ0) is 22.8. The first-order valence-corrected chi connectivity index (χ1v) is 13.8. The molecule has 0 aromatic heterocycles. The Balaban J connectivity index is 3.19. The van der Waals surface area contributed by atoms with Crippen molar-refractivity contribution in [3.63, 3.8) is 0 Å². The zero-order valence-corrected chi connectivity index (χ0v) is 21.2. The van der Waals surface area contributed by atoms with Gasteiger partial charge in [-0.1, -0.05) is 47.6 Å². The van der Waals surface area contributed by atoms with Crippen molar-refractivity contribution in [2.24, 2.45) is 17.8 Å². The van der Waals surface area contributed by atoms with Gasteiger partial charge in [0.2, 0.25) is 0 Å². The van der Waals surface area contributed by atoms with Gasteiger partial charge in [-0.15, -0.1) is 6.58 Å². The van der Waals surface area contributed by atoms with Crippen LogP contribution in [0, 0.1) is 17.8 Å². The van der Waals surface area contributed by atoms with Gasteiger partial charge in [0.05, 0.1) is 24.7 Å². The van der Waals surface area contributed by atoms with E-state index in [0.29, 0.717) is 5.92 Å². The van der Waals surface area contributed by atoms with Crippen LogP contribution in [-0.2, 0) is 18.7 Å². The Morgan fingerprint density at radius 3 is 2.21 bits per heavy atom. The second kappa shape index (κ2) is 9.63. The predicted octanol–water partition coefficient (Wildman–Crippen LogP) is 5.86. The SMILES string of the molecule is C=CC[C@H](C)[C@H]1OC(C)(C)O[C@@H]([C@H](C)[C@@H](CC(=O)O)O[Si](C)(C)C(C)(C)C)[C@H]1C. The quantitative estimate of drug-likeness (QED) is 0.368. The first-order valence-electron chi connectivity index (χ1n) is 10.9. The summed E-state index contributed by atoms with van der Waals surface area (Å²) >= 11 is 0. The zero-order valence-electron chi connectivity index (χ0n) is 20.2. The van der Waals surface area contributed by atoms with Gasteiger partial charge in [0.15, 0.2) is 14.1 Å². The van der Waals surface area contributed by atoms with E-state index in [1.54, 1.807) is 0 Å². The number of carbonyl (C=O) groups is 1. The van der Waals surface area contributed by atoms with Crippen LogP contribution in [0.5, 0.6) is 0 Å². The van der Waals surface area contributed by atoms with Gasteiger partial charge in [-0.3, -0.25) is 4.79 Å². The molecule has 0 aromatic carbocycles. The Labute approximate surface area is 179 Å². The summed E-state index contributed by atoms with van der Waals surface area (Å²) in [7, 11) is -2.13. The van der Waals surface area contributed by atoms with Crippen LogP contribution in [0.1, 0.15) is 68.2 Å². The minimum absolute atomic E-state index is 0.00586. The Morgan fingerprint density at radius 2 is 1.76 bits per heavy atom. The van der Waals surface area contributed by atoms with Crippen LogP contribution >= 0.6 is 0 Å². The van der Waals surface area contributed by atoms with E-state index in [4.69, 9.17) is 13.9 Å². The number of ether oxygens (including phenoxy) is 2. The van der Waals surface area contributed by atoms with Crippen molar-refractivity contribution >= 4 is 14.3 Å². The van der Waals surface area contributed by atoms with E-state index in [2.05, 4.69) is 61.2 Å².